The fraction of sp³-hybridized carbons (Fsp3) is 0.294. The van der Waals surface area contributed by atoms with E-state index in [1.165, 1.54) is 10.5 Å². The molecule has 0 fully saturated rings. The molecular formula is C17H19NOS. The molecule has 20 heavy (non-hydrogen) atoms. The van der Waals surface area contributed by atoms with Gasteiger partial charge < -0.3 is 10.1 Å². The van der Waals surface area contributed by atoms with Gasteiger partial charge in [0, 0.05) is 10.6 Å². The number of benzene rings is 2. The third-order valence-corrected chi connectivity index (χ3v) is 4.63. The summed E-state index contributed by atoms with van der Waals surface area (Å²) in [5.41, 5.74) is 1.29. The lowest BCUT2D eigenvalue weighted by Crippen LogP contribution is -2.38. The molecule has 1 N–H and O–H groups in total. The first-order chi connectivity index (χ1) is 9.88. The summed E-state index contributed by atoms with van der Waals surface area (Å²) in [5, 5.41) is 3.56. The lowest BCUT2D eigenvalue weighted by molar-refractivity contribution is 0.167. The van der Waals surface area contributed by atoms with Crippen LogP contribution in [0.3, 0.4) is 0 Å². The highest BCUT2D eigenvalue weighted by atomic mass is 32.2. The van der Waals surface area contributed by atoms with Crippen LogP contribution in [0.25, 0.3) is 0 Å². The minimum absolute atomic E-state index is 0.164. The molecule has 1 aliphatic rings. The number of ether oxygens (including phenoxy) is 1. The van der Waals surface area contributed by atoms with Crippen LogP contribution in [-0.2, 0) is 0 Å². The molecule has 2 unspecified atom stereocenters. The number of rotatable bonds is 4. The number of fused-ring (bicyclic) bond motifs is 1. The van der Waals surface area contributed by atoms with E-state index in [-0.39, 0.29) is 12.1 Å². The average molecular weight is 285 g/mol. The van der Waals surface area contributed by atoms with Gasteiger partial charge in [-0.05, 0) is 24.2 Å². The average Bonchev–Trinajstić information content (AvgIpc) is 2.53. The van der Waals surface area contributed by atoms with Gasteiger partial charge in [-0.15, -0.1) is 11.8 Å². The second kappa shape index (κ2) is 6.33. The van der Waals surface area contributed by atoms with Crippen molar-refractivity contribution in [1.29, 1.82) is 0 Å². The number of hydrogen-bond donors (Lipinski definition) is 1. The predicted octanol–water partition coefficient (Wildman–Crippen LogP) is 3.89. The normalized spacial score (nSPS) is 18.9. The van der Waals surface area contributed by atoms with E-state index in [1.54, 1.807) is 0 Å². The molecule has 0 saturated heterocycles. The SMILES string of the molecule is CCNC(c1ccccc1)C1CSc2ccccc2O1. The van der Waals surface area contributed by atoms with Crippen molar-refractivity contribution in [1.82, 2.24) is 5.32 Å². The molecule has 0 saturated carbocycles. The Labute approximate surface area is 124 Å². The molecule has 0 amide bonds. The molecule has 2 aromatic rings. The van der Waals surface area contributed by atoms with Crippen molar-refractivity contribution in [3.05, 3.63) is 60.2 Å². The maximum absolute atomic E-state index is 6.22. The lowest BCUT2D eigenvalue weighted by Gasteiger charge is -2.32. The third kappa shape index (κ3) is 2.84. The van der Waals surface area contributed by atoms with Crippen LogP contribution in [-0.4, -0.2) is 18.4 Å². The summed E-state index contributed by atoms with van der Waals surface area (Å²) in [6, 6.07) is 19.1. The molecule has 3 heteroatoms. The van der Waals surface area contributed by atoms with E-state index >= 15 is 0 Å². The summed E-state index contributed by atoms with van der Waals surface area (Å²) in [6.45, 7) is 3.07. The number of thioether (sulfide) groups is 1. The van der Waals surface area contributed by atoms with Gasteiger partial charge in [0.1, 0.15) is 11.9 Å². The molecule has 0 aromatic heterocycles. The van der Waals surface area contributed by atoms with Gasteiger partial charge in [0.05, 0.1) is 6.04 Å². The van der Waals surface area contributed by atoms with E-state index in [0.29, 0.717) is 0 Å². The van der Waals surface area contributed by atoms with Gasteiger partial charge in [-0.2, -0.15) is 0 Å². The Kier molecular flexibility index (Phi) is 4.28. The lowest BCUT2D eigenvalue weighted by atomic mass is 10.0. The second-order valence-electron chi connectivity index (χ2n) is 4.86. The van der Waals surface area contributed by atoms with Crippen LogP contribution >= 0.6 is 11.8 Å². The maximum Gasteiger partial charge on any atom is 0.133 e. The van der Waals surface area contributed by atoms with Gasteiger partial charge in [0.15, 0.2) is 0 Å². The van der Waals surface area contributed by atoms with E-state index in [9.17, 15) is 0 Å². The Morgan fingerprint density at radius 3 is 2.70 bits per heavy atom. The molecule has 2 nitrogen and oxygen atoms in total. The Balaban J connectivity index is 1.83. The standard InChI is InChI=1S/C17H19NOS/c1-2-18-17(13-8-4-3-5-9-13)15-12-20-16-11-7-6-10-14(16)19-15/h3-11,15,17-18H,2,12H2,1H3. The van der Waals surface area contributed by atoms with Crippen molar-refractivity contribution in [2.45, 2.75) is 24.0 Å². The molecule has 3 rings (SSSR count). The molecule has 0 spiro atoms. The number of likely N-dealkylation sites (N-methyl/N-ethyl adjacent to an activating group) is 1. The van der Waals surface area contributed by atoms with Gasteiger partial charge in [-0.25, -0.2) is 0 Å². The second-order valence-corrected chi connectivity index (χ2v) is 5.92. The van der Waals surface area contributed by atoms with Gasteiger partial charge >= 0.3 is 0 Å². The zero-order chi connectivity index (χ0) is 13.8. The predicted molar refractivity (Wildman–Crippen MR) is 84.4 cm³/mol. The van der Waals surface area contributed by atoms with Gasteiger partial charge in [-0.1, -0.05) is 49.4 Å². The molecule has 1 aliphatic heterocycles. The summed E-state index contributed by atoms with van der Waals surface area (Å²) in [5.74, 6) is 1.98. The van der Waals surface area contributed by atoms with E-state index in [2.05, 4.69) is 60.8 Å². The Morgan fingerprint density at radius 2 is 1.90 bits per heavy atom. The number of para-hydroxylation sites is 1. The number of nitrogens with one attached hydrogen (secondary N) is 1. The third-order valence-electron chi connectivity index (χ3n) is 3.49. The molecule has 0 radical (unpaired) electrons. The summed E-state index contributed by atoms with van der Waals surface area (Å²) < 4.78 is 6.22. The summed E-state index contributed by atoms with van der Waals surface area (Å²) in [7, 11) is 0. The van der Waals surface area contributed by atoms with Crippen LogP contribution < -0.4 is 10.1 Å². The van der Waals surface area contributed by atoms with Crippen LogP contribution in [0, 0.1) is 0 Å². The fourth-order valence-corrected chi connectivity index (χ4v) is 3.58. The minimum atomic E-state index is 0.164. The van der Waals surface area contributed by atoms with Crippen LogP contribution in [0.1, 0.15) is 18.5 Å². The summed E-state index contributed by atoms with van der Waals surface area (Å²) >= 11 is 1.88. The van der Waals surface area contributed by atoms with E-state index in [1.807, 2.05) is 17.8 Å². The number of hydrogen-bond acceptors (Lipinski definition) is 3. The Bertz CT molecular complexity index is 558. The molecule has 0 aliphatic carbocycles. The fourth-order valence-electron chi connectivity index (χ4n) is 2.54. The zero-order valence-electron chi connectivity index (χ0n) is 11.6. The first kappa shape index (κ1) is 13.5. The highest BCUT2D eigenvalue weighted by Gasteiger charge is 2.28. The molecule has 2 atom stereocenters. The van der Waals surface area contributed by atoms with Crippen molar-refractivity contribution in [2.24, 2.45) is 0 Å². The topological polar surface area (TPSA) is 21.3 Å². The molecule has 0 bridgehead atoms. The van der Waals surface area contributed by atoms with Gasteiger partial charge in [0.25, 0.3) is 0 Å². The molecule has 2 aromatic carbocycles. The Morgan fingerprint density at radius 1 is 1.15 bits per heavy atom. The van der Waals surface area contributed by atoms with Crippen LogP contribution in [0.15, 0.2) is 59.5 Å². The molecule has 1 heterocycles. The van der Waals surface area contributed by atoms with E-state index < -0.39 is 0 Å². The summed E-state index contributed by atoms with van der Waals surface area (Å²) in [6.07, 6.45) is 0.164. The Hall–Kier alpha value is -1.45. The first-order valence-corrected chi connectivity index (χ1v) is 8.04. The molecular weight excluding hydrogens is 266 g/mol. The zero-order valence-corrected chi connectivity index (χ0v) is 12.4. The maximum atomic E-state index is 6.22. The minimum Gasteiger partial charge on any atom is -0.486 e. The van der Waals surface area contributed by atoms with Crippen molar-refractivity contribution < 1.29 is 4.74 Å². The van der Waals surface area contributed by atoms with Crippen LogP contribution in [0.2, 0.25) is 0 Å². The first-order valence-electron chi connectivity index (χ1n) is 7.05. The van der Waals surface area contributed by atoms with Crippen molar-refractivity contribution in [3.63, 3.8) is 0 Å². The van der Waals surface area contributed by atoms with Crippen molar-refractivity contribution in [3.8, 4) is 5.75 Å². The highest BCUT2D eigenvalue weighted by Crippen LogP contribution is 2.38. The van der Waals surface area contributed by atoms with Crippen LogP contribution in [0.5, 0.6) is 5.75 Å². The quantitative estimate of drug-likeness (QED) is 0.921. The monoisotopic (exact) mass is 285 g/mol. The summed E-state index contributed by atoms with van der Waals surface area (Å²) in [4.78, 5) is 1.24. The smallest absolute Gasteiger partial charge is 0.133 e. The highest BCUT2D eigenvalue weighted by molar-refractivity contribution is 7.99. The van der Waals surface area contributed by atoms with Gasteiger partial charge in [-0.3, -0.25) is 0 Å². The van der Waals surface area contributed by atoms with Crippen molar-refractivity contribution in [2.75, 3.05) is 12.3 Å². The molecule has 104 valence electrons. The van der Waals surface area contributed by atoms with E-state index in [0.717, 1.165) is 18.0 Å². The van der Waals surface area contributed by atoms with Crippen molar-refractivity contribution >= 4 is 11.8 Å². The van der Waals surface area contributed by atoms with Crippen LogP contribution in [0.4, 0.5) is 0 Å². The largest absolute Gasteiger partial charge is 0.486 e. The van der Waals surface area contributed by atoms with E-state index in [4.69, 9.17) is 4.74 Å². The van der Waals surface area contributed by atoms with Gasteiger partial charge in [0.2, 0.25) is 0 Å².